The van der Waals surface area contributed by atoms with Gasteiger partial charge in [0.05, 0.1) is 18.0 Å². The van der Waals surface area contributed by atoms with Crippen LogP contribution >= 0.6 is 0 Å². The normalized spacial score (nSPS) is 15.2. The number of hydrogen-bond donors (Lipinski definition) is 1. The minimum atomic E-state index is -3.67. The van der Waals surface area contributed by atoms with Crippen molar-refractivity contribution < 1.29 is 22.7 Å². The van der Waals surface area contributed by atoms with Gasteiger partial charge in [-0.05, 0) is 68.7 Å². The molecule has 7 nitrogen and oxygen atoms in total. The van der Waals surface area contributed by atoms with Gasteiger partial charge in [-0.2, -0.15) is 0 Å². The number of benzene rings is 2. The Balaban J connectivity index is 1.80. The summed E-state index contributed by atoms with van der Waals surface area (Å²) in [5, 5.41) is 2.91. The third-order valence-electron chi connectivity index (χ3n) is 5.26. The van der Waals surface area contributed by atoms with E-state index in [0.29, 0.717) is 30.4 Å². The summed E-state index contributed by atoms with van der Waals surface area (Å²) in [6.07, 6.45) is 1.11. The maximum Gasteiger partial charge on any atom is 0.244 e. The second-order valence-electron chi connectivity index (χ2n) is 7.64. The Kier molecular flexibility index (Phi) is 6.26. The number of rotatable bonds is 6. The molecule has 3 rings (SSSR count). The maximum absolute atomic E-state index is 13.0. The number of amides is 1. The van der Waals surface area contributed by atoms with E-state index in [9.17, 15) is 13.2 Å². The number of nitrogens with one attached hydrogen (secondary N) is 1. The van der Waals surface area contributed by atoms with E-state index >= 15 is 0 Å². The third-order valence-corrected chi connectivity index (χ3v) is 6.50. The zero-order valence-electron chi connectivity index (χ0n) is 17.9. The molecule has 0 unspecified atom stereocenters. The Bertz CT molecular complexity index is 1050. The van der Waals surface area contributed by atoms with Gasteiger partial charge in [-0.3, -0.25) is 9.10 Å². The zero-order valence-corrected chi connectivity index (χ0v) is 18.7. The Morgan fingerprint density at radius 1 is 1.00 bits per heavy atom. The molecule has 162 valence electrons. The highest BCUT2D eigenvalue weighted by molar-refractivity contribution is 7.92. The van der Waals surface area contributed by atoms with Crippen LogP contribution in [0.3, 0.4) is 0 Å². The average Bonchev–Trinajstić information content (AvgIpc) is 2.69. The van der Waals surface area contributed by atoms with Crippen LogP contribution in [-0.2, 0) is 14.8 Å². The van der Waals surface area contributed by atoms with Crippen LogP contribution in [0.15, 0.2) is 36.4 Å². The van der Waals surface area contributed by atoms with Crippen molar-refractivity contribution in [3.63, 3.8) is 0 Å². The Morgan fingerprint density at radius 3 is 2.30 bits per heavy atom. The van der Waals surface area contributed by atoms with Crippen molar-refractivity contribution in [3.05, 3.63) is 53.1 Å². The molecular formula is C22H28N2O5S. The first-order chi connectivity index (χ1) is 14.1. The van der Waals surface area contributed by atoms with Gasteiger partial charge in [-0.25, -0.2) is 8.42 Å². The molecule has 1 aliphatic rings. The van der Waals surface area contributed by atoms with Gasteiger partial charge < -0.3 is 14.8 Å². The summed E-state index contributed by atoms with van der Waals surface area (Å²) in [6, 6.07) is 9.61. The number of aryl methyl sites for hydroxylation is 2. The summed E-state index contributed by atoms with van der Waals surface area (Å²) < 4.78 is 37.3. The second-order valence-corrected chi connectivity index (χ2v) is 9.50. The molecule has 1 amide bonds. The molecule has 8 heteroatoms. The monoisotopic (exact) mass is 432 g/mol. The van der Waals surface area contributed by atoms with Crippen LogP contribution in [0.4, 0.5) is 5.69 Å². The van der Waals surface area contributed by atoms with E-state index in [1.165, 1.54) is 0 Å². The average molecular weight is 433 g/mol. The van der Waals surface area contributed by atoms with Crippen molar-refractivity contribution in [2.75, 3.05) is 23.8 Å². The number of carbonyl (C=O) groups excluding carboxylic acids is 1. The lowest BCUT2D eigenvalue weighted by Crippen LogP contribution is -2.48. The molecule has 0 spiro atoms. The Labute approximate surface area is 178 Å². The van der Waals surface area contributed by atoms with Crippen molar-refractivity contribution in [3.8, 4) is 11.5 Å². The third kappa shape index (κ3) is 4.70. The lowest BCUT2D eigenvalue weighted by atomic mass is 10.1. The largest absolute Gasteiger partial charge is 0.486 e. The molecule has 1 heterocycles. The molecule has 2 atom stereocenters. The van der Waals surface area contributed by atoms with Crippen LogP contribution in [0.1, 0.15) is 36.6 Å². The first-order valence-corrected chi connectivity index (χ1v) is 11.7. The van der Waals surface area contributed by atoms with Crippen LogP contribution in [0.2, 0.25) is 0 Å². The number of ether oxygens (including phenoxy) is 2. The predicted octanol–water partition coefficient (Wildman–Crippen LogP) is 3.11. The van der Waals surface area contributed by atoms with E-state index in [1.54, 1.807) is 19.1 Å². The number of fused-ring (bicyclic) bond motifs is 1. The van der Waals surface area contributed by atoms with Crippen LogP contribution in [-0.4, -0.2) is 39.8 Å². The molecular weight excluding hydrogens is 404 g/mol. The standard InChI is InChI=1S/C22H28N2O5S/c1-14-6-8-19(12-15(14)2)24(30(5,26)27)17(4)22(25)23-16(3)18-7-9-20-21(13-18)29-11-10-28-20/h6-9,12-13,16-17H,10-11H2,1-5H3,(H,23,25)/t16-,17+/m0/s1. The summed E-state index contributed by atoms with van der Waals surface area (Å²) in [4.78, 5) is 13.0. The molecule has 0 aromatic heterocycles. The van der Waals surface area contributed by atoms with E-state index in [0.717, 1.165) is 27.3 Å². The van der Waals surface area contributed by atoms with Gasteiger partial charge in [0.25, 0.3) is 0 Å². The van der Waals surface area contributed by atoms with Gasteiger partial charge in [-0.15, -0.1) is 0 Å². The Morgan fingerprint density at radius 2 is 1.67 bits per heavy atom. The van der Waals surface area contributed by atoms with Crippen LogP contribution in [0.5, 0.6) is 11.5 Å². The van der Waals surface area contributed by atoms with Crippen molar-refractivity contribution in [2.45, 2.75) is 39.8 Å². The lowest BCUT2D eigenvalue weighted by molar-refractivity contribution is -0.122. The predicted molar refractivity (Wildman–Crippen MR) is 117 cm³/mol. The van der Waals surface area contributed by atoms with E-state index in [1.807, 2.05) is 45.0 Å². The summed E-state index contributed by atoms with van der Waals surface area (Å²) in [7, 11) is -3.67. The first kappa shape index (κ1) is 22.0. The van der Waals surface area contributed by atoms with E-state index in [4.69, 9.17) is 9.47 Å². The van der Waals surface area contributed by atoms with Crippen LogP contribution in [0, 0.1) is 13.8 Å². The lowest BCUT2D eigenvalue weighted by Gasteiger charge is -2.30. The molecule has 1 aliphatic heterocycles. The number of sulfonamides is 1. The zero-order chi connectivity index (χ0) is 22.1. The smallest absolute Gasteiger partial charge is 0.244 e. The van der Waals surface area contributed by atoms with E-state index in [-0.39, 0.29) is 11.9 Å². The highest BCUT2D eigenvalue weighted by Gasteiger charge is 2.30. The molecule has 2 aromatic rings. The number of hydrogen-bond acceptors (Lipinski definition) is 5. The Hall–Kier alpha value is -2.74. The molecule has 30 heavy (non-hydrogen) atoms. The molecule has 0 fully saturated rings. The fourth-order valence-electron chi connectivity index (χ4n) is 3.42. The van der Waals surface area contributed by atoms with Crippen molar-refractivity contribution in [1.82, 2.24) is 5.32 Å². The van der Waals surface area contributed by atoms with Crippen LogP contribution < -0.4 is 19.1 Å². The number of nitrogens with zero attached hydrogens (tertiary/aromatic N) is 1. The van der Waals surface area contributed by atoms with Crippen LogP contribution in [0.25, 0.3) is 0 Å². The molecule has 1 N–H and O–H groups in total. The highest BCUT2D eigenvalue weighted by Crippen LogP contribution is 2.32. The number of anilines is 1. The van der Waals surface area contributed by atoms with Gasteiger partial charge in [0.1, 0.15) is 19.3 Å². The summed E-state index contributed by atoms with van der Waals surface area (Å²) in [5.41, 5.74) is 3.32. The van der Waals surface area contributed by atoms with Gasteiger partial charge in [0, 0.05) is 0 Å². The van der Waals surface area contributed by atoms with Gasteiger partial charge in [-0.1, -0.05) is 12.1 Å². The molecule has 0 saturated heterocycles. The van der Waals surface area contributed by atoms with Crippen molar-refractivity contribution in [1.29, 1.82) is 0 Å². The molecule has 0 saturated carbocycles. The minimum absolute atomic E-state index is 0.336. The van der Waals surface area contributed by atoms with Crippen molar-refractivity contribution in [2.24, 2.45) is 0 Å². The summed E-state index contributed by atoms with van der Waals surface area (Å²) >= 11 is 0. The highest BCUT2D eigenvalue weighted by atomic mass is 32.2. The summed E-state index contributed by atoms with van der Waals surface area (Å²) in [6.45, 7) is 8.28. The first-order valence-electron chi connectivity index (χ1n) is 9.84. The molecule has 2 aromatic carbocycles. The number of carbonyl (C=O) groups is 1. The molecule has 0 bridgehead atoms. The fraction of sp³-hybridized carbons (Fsp3) is 0.409. The summed E-state index contributed by atoms with van der Waals surface area (Å²) in [5.74, 6) is 0.928. The quantitative estimate of drug-likeness (QED) is 0.758. The fourth-order valence-corrected chi connectivity index (χ4v) is 4.58. The van der Waals surface area contributed by atoms with Gasteiger partial charge in [0.15, 0.2) is 11.5 Å². The van der Waals surface area contributed by atoms with E-state index in [2.05, 4.69) is 5.32 Å². The van der Waals surface area contributed by atoms with Gasteiger partial charge >= 0.3 is 0 Å². The topological polar surface area (TPSA) is 84.9 Å². The van der Waals surface area contributed by atoms with Gasteiger partial charge in [0.2, 0.25) is 15.9 Å². The van der Waals surface area contributed by atoms with Crippen molar-refractivity contribution >= 4 is 21.6 Å². The van der Waals surface area contributed by atoms with E-state index < -0.39 is 16.1 Å². The maximum atomic E-state index is 13.0. The minimum Gasteiger partial charge on any atom is -0.486 e. The second kappa shape index (κ2) is 8.55. The molecule has 0 radical (unpaired) electrons. The SMILES string of the molecule is Cc1ccc(N([C@H](C)C(=O)N[C@@H](C)c2ccc3c(c2)OCCO3)S(C)(=O)=O)cc1C. The molecule has 0 aliphatic carbocycles.